The second-order valence-electron chi connectivity index (χ2n) is 4.45. The van der Waals surface area contributed by atoms with Crippen molar-refractivity contribution in [3.63, 3.8) is 0 Å². The molecule has 0 amide bonds. The van der Waals surface area contributed by atoms with Gasteiger partial charge in [0, 0.05) is 26.2 Å². The molecule has 1 aromatic rings. The molecule has 4 heteroatoms. The fraction of sp³-hybridized carbons (Fsp3) is 0.538. The second-order valence-corrected chi connectivity index (χ2v) is 5.03. The maximum atomic E-state index is 10.1. The normalized spacial score (nSPS) is 23.0. The van der Waals surface area contributed by atoms with Crippen molar-refractivity contribution in [1.82, 2.24) is 10.2 Å². The predicted molar refractivity (Wildman–Crippen MR) is 70.1 cm³/mol. The zero-order chi connectivity index (χ0) is 12.3. The van der Waals surface area contributed by atoms with E-state index in [-0.39, 0.29) is 0 Å². The number of rotatable bonds is 3. The summed E-state index contributed by atoms with van der Waals surface area (Å²) < 4.78 is 0. The molecule has 17 heavy (non-hydrogen) atoms. The highest BCUT2D eigenvalue weighted by atomic mass is 35.5. The van der Waals surface area contributed by atoms with Crippen molar-refractivity contribution < 1.29 is 5.11 Å². The second kappa shape index (κ2) is 5.36. The lowest BCUT2D eigenvalue weighted by Crippen LogP contribution is -2.56. The molecule has 2 rings (SSSR count). The lowest BCUT2D eigenvalue weighted by molar-refractivity contribution is 0.0226. The van der Waals surface area contributed by atoms with Crippen LogP contribution in [0.4, 0.5) is 0 Å². The molecular weight excluding hydrogens is 236 g/mol. The molecule has 1 saturated heterocycles. The summed E-state index contributed by atoms with van der Waals surface area (Å²) in [5.74, 6) is 0. The molecular formula is C13H19ClN2O. The van der Waals surface area contributed by atoms with Gasteiger partial charge in [-0.25, -0.2) is 0 Å². The Labute approximate surface area is 107 Å². The quantitative estimate of drug-likeness (QED) is 0.632. The van der Waals surface area contributed by atoms with Gasteiger partial charge in [-0.1, -0.05) is 41.9 Å². The molecule has 1 aliphatic heterocycles. The minimum atomic E-state index is -0.816. The first-order valence-electron chi connectivity index (χ1n) is 6.04. The summed E-state index contributed by atoms with van der Waals surface area (Å²) in [5.41, 5.74) is 0.957. The van der Waals surface area contributed by atoms with E-state index < -0.39 is 11.1 Å². The molecule has 1 aromatic carbocycles. The van der Waals surface area contributed by atoms with Crippen LogP contribution in [0.5, 0.6) is 0 Å². The van der Waals surface area contributed by atoms with E-state index in [9.17, 15) is 5.11 Å². The number of hydrogen-bond donors (Lipinski definition) is 2. The van der Waals surface area contributed by atoms with Crippen LogP contribution in [0, 0.1) is 0 Å². The third-order valence-corrected chi connectivity index (χ3v) is 4.08. The minimum Gasteiger partial charge on any atom is -0.390 e. The van der Waals surface area contributed by atoms with Crippen LogP contribution in [0.3, 0.4) is 0 Å². The van der Waals surface area contributed by atoms with E-state index in [1.807, 2.05) is 30.3 Å². The topological polar surface area (TPSA) is 35.5 Å². The van der Waals surface area contributed by atoms with E-state index >= 15 is 0 Å². The van der Waals surface area contributed by atoms with Gasteiger partial charge < -0.3 is 10.4 Å². The van der Waals surface area contributed by atoms with E-state index in [1.54, 1.807) is 6.92 Å². The number of nitrogens with zero attached hydrogens (tertiary/aromatic N) is 1. The van der Waals surface area contributed by atoms with Crippen molar-refractivity contribution in [1.29, 1.82) is 0 Å². The zero-order valence-corrected chi connectivity index (χ0v) is 10.8. The van der Waals surface area contributed by atoms with Crippen molar-refractivity contribution in [3.8, 4) is 0 Å². The van der Waals surface area contributed by atoms with Crippen LogP contribution in [0.15, 0.2) is 30.3 Å². The zero-order valence-electron chi connectivity index (χ0n) is 10.1. The first-order chi connectivity index (χ1) is 8.15. The summed E-state index contributed by atoms with van der Waals surface area (Å²) in [7, 11) is 0. The number of piperazine rings is 1. The minimum absolute atomic E-state index is 0.621. The summed E-state index contributed by atoms with van der Waals surface area (Å²) in [6, 6.07) is 9.82. The van der Waals surface area contributed by atoms with Gasteiger partial charge in [-0.3, -0.25) is 4.90 Å². The van der Waals surface area contributed by atoms with E-state index in [0.717, 1.165) is 31.7 Å². The van der Waals surface area contributed by atoms with Crippen LogP contribution >= 0.6 is 11.6 Å². The lowest BCUT2D eigenvalue weighted by atomic mass is 9.99. The molecule has 3 nitrogen and oxygen atoms in total. The fourth-order valence-corrected chi connectivity index (χ4v) is 2.65. The van der Waals surface area contributed by atoms with Gasteiger partial charge in [-0.15, -0.1) is 0 Å². The van der Waals surface area contributed by atoms with Gasteiger partial charge >= 0.3 is 0 Å². The molecule has 0 radical (unpaired) electrons. The van der Waals surface area contributed by atoms with E-state index in [4.69, 9.17) is 11.6 Å². The lowest BCUT2D eigenvalue weighted by Gasteiger charge is -2.43. The van der Waals surface area contributed by atoms with E-state index in [2.05, 4.69) is 10.2 Å². The van der Waals surface area contributed by atoms with Gasteiger partial charge in [0.2, 0.25) is 0 Å². The highest BCUT2D eigenvalue weighted by molar-refractivity contribution is 6.24. The summed E-state index contributed by atoms with van der Waals surface area (Å²) in [6.45, 7) is 5.27. The van der Waals surface area contributed by atoms with Gasteiger partial charge in [0.1, 0.15) is 5.00 Å². The molecule has 0 spiro atoms. The van der Waals surface area contributed by atoms with Crippen molar-refractivity contribution in [2.75, 3.05) is 26.2 Å². The molecule has 2 N–H and O–H groups in total. The average molecular weight is 255 g/mol. The molecule has 1 heterocycles. The van der Waals surface area contributed by atoms with Crippen molar-refractivity contribution in [3.05, 3.63) is 35.9 Å². The standard InChI is InChI=1S/C13H19ClN2O/c1-11(17)13(14,12-5-3-2-4-6-12)16-9-7-15-8-10-16/h2-6,11,15,17H,7-10H2,1H3. The monoisotopic (exact) mass is 254 g/mol. The largest absolute Gasteiger partial charge is 0.390 e. The van der Waals surface area contributed by atoms with Crippen LogP contribution < -0.4 is 5.32 Å². The first kappa shape index (κ1) is 12.8. The SMILES string of the molecule is CC(O)C(Cl)(c1ccccc1)N1CCNCC1. The number of hydrogen-bond acceptors (Lipinski definition) is 3. The summed E-state index contributed by atoms with van der Waals surface area (Å²) in [5, 5.41) is 13.4. The summed E-state index contributed by atoms with van der Waals surface area (Å²) in [4.78, 5) is 1.33. The molecule has 94 valence electrons. The molecule has 0 aliphatic carbocycles. The van der Waals surface area contributed by atoms with Crippen LogP contribution in [-0.2, 0) is 5.00 Å². The molecule has 1 aliphatic rings. The Kier molecular flexibility index (Phi) is 4.05. The number of aliphatic hydroxyl groups excluding tert-OH is 1. The highest BCUT2D eigenvalue weighted by Crippen LogP contribution is 2.36. The van der Waals surface area contributed by atoms with Crippen molar-refractivity contribution in [2.45, 2.75) is 18.0 Å². The Hall–Kier alpha value is -0.610. The fourth-order valence-electron chi connectivity index (χ4n) is 2.35. The van der Waals surface area contributed by atoms with E-state index in [0.29, 0.717) is 0 Å². The Bertz CT molecular complexity index is 352. The predicted octanol–water partition coefficient (Wildman–Crippen LogP) is 1.36. The van der Waals surface area contributed by atoms with Gasteiger partial charge in [-0.05, 0) is 12.5 Å². The van der Waals surface area contributed by atoms with Crippen molar-refractivity contribution in [2.24, 2.45) is 0 Å². The third-order valence-electron chi connectivity index (χ3n) is 3.31. The van der Waals surface area contributed by atoms with Gasteiger partial charge in [-0.2, -0.15) is 0 Å². The third kappa shape index (κ3) is 2.47. The molecule has 1 fully saturated rings. The van der Waals surface area contributed by atoms with Crippen LogP contribution in [-0.4, -0.2) is 42.3 Å². The Morgan fingerprint density at radius 2 is 1.88 bits per heavy atom. The van der Waals surface area contributed by atoms with Gasteiger partial charge in [0.25, 0.3) is 0 Å². The summed E-state index contributed by atoms with van der Waals surface area (Å²) >= 11 is 6.73. The summed E-state index contributed by atoms with van der Waals surface area (Å²) in [6.07, 6.45) is -0.621. The van der Waals surface area contributed by atoms with Gasteiger partial charge in [0.05, 0.1) is 6.10 Å². The smallest absolute Gasteiger partial charge is 0.147 e. The number of halogens is 1. The Morgan fingerprint density at radius 1 is 1.29 bits per heavy atom. The number of alkyl halides is 1. The number of benzene rings is 1. The van der Waals surface area contributed by atoms with Crippen LogP contribution in [0.25, 0.3) is 0 Å². The van der Waals surface area contributed by atoms with Crippen LogP contribution in [0.2, 0.25) is 0 Å². The van der Waals surface area contributed by atoms with Crippen LogP contribution in [0.1, 0.15) is 12.5 Å². The maximum Gasteiger partial charge on any atom is 0.147 e. The maximum absolute atomic E-state index is 10.1. The number of aliphatic hydroxyl groups is 1. The average Bonchev–Trinajstić information content (AvgIpc) is 2.39. The molecule has 0 saturated carbocycles. The number of nitrogens with one attached hydrogen (secondary N) is 1. The molecule has 2 atom stereocenters. The van der Waals surface area contributed by atoms with Gasteiger partial charge in [0.15, 0.2) is 0 Å². The first-order valence-corrected chi connectivity index (χ1v) is 6.42. The molecule has 0 bridgehead atoms. The Balaban J connectivity index is 2.31. The van der Waals surface area contributed by atoms with Crippen molar-refractivity contribution >= 4 is 11.6 Å². The Morgan fingerprint density at radius 3 is 2.41 bits per heavy atom. The van der Waals surface area contributed by atoms with E-state index in [1.165, 1.54) is 0 Å². The highest BCUT2D eigenvalue weighted by Gasteiger charge is 2.41. The molecule has 0 aromatic heterocycles. The molecule has 2 unspecified atom stereocenters.